The van der Waals surface area contributed by atoms with Crippen molar-refractivity contribution in [2.75, 3.05) is 18.5 Å². The summed E-state index contributed by atoms with van der Waals surface area (Å²) in [6, 6.07) is 5.87. The van der Waals surface area contributed by atoms with E-state index in [2.05, 4.69) is 5.32 Å². The van der Waals surface area contributed by atoms with Crippen molar-refractivity contribution < 1.29 is 5.11 Å². The molecule has 1 aromatic rings. The zero-order valence-corrected chi connectivity index (χ0v) is 8.01. The first-order chi connectivity index (χ1) is 6.33. The summed E-state index contributed by atoms with van der Waals surface area (Å²) < 4.78 is 0. The maximum Gasteiger partial charge on any atom is 0.0462 e. The number of aliphatic hydroxyl groups excluding tert-OH is 1. The minimum Gasteiger partial charge on any atom is -0.396 e. The highest BCUT2D eigenvalue weighted by atomic mass is 35.5. The molecule has 0 amide bonds. The van der Waals surface area contributed by atoms with E-state index >= 15 is 0 Å². The first-order valence-corrected chi connectivity index (χ1v) is 4.84. The van der Waals surface area contributed by atoms with Crippen LogP contribution in [0.1, 0.15) is 17.9 Å². The molecule has 0 aromatic heterocycles. The van der Waals surface area contributed by atoms with Crippen LogP contribution in [0.25, 0.3) is 0 Å². The molecule has 1 aromatic carbocycles. The zero-order chi connectivity index (χ0) is 9.26. The van der Waals surface area contributed by atoms with Crippen LogP contribution in [0.5, 0.6) is 0 Å². The van der Waals surface area contributed by atoms with Crippen molar-refractivity contribution in [3.05, 3.63) is 28.8 Å². The van der Waals surface area contributed by atoms with Crippen molar-refractivity contribution in [1.82, 2.24) is 0 Å². The van der Waals surface area contributed by atoms with Crippen LogP contribution >= 0.6 is 11.6 Å². The fourth-order valence-corrected chi connectivity index (χ4v) is 2.17. The second-order valence-corrected chi connectivity index (χ2v) is 3.70. The van der Waals surface area contributed by atoms with Gasteiger partial charge in [-0.05, 0) is 24.1 Å². The highest BCUT2D eigenvalue weighted by Crippen LogP contribution is 2.38. The predicted octanol–water partition coefficient (Wildman–Crippen LogP) is 2.23. The van der Waals surface area contributed by atoms with Crippen LogP contribution in [-0.4, -0.2) is 18.3 Å². The normalized spacial score (nSPS) is 19.7. The van der Waals surface area contributed by atoms with Gasteiger partial charge < -0.3 is 10.4 Å². The Hall–Kier alpha value is -0.730. The Balaban J connectivity index is 2.34. The summed E-state index contributed by atoms with van der Waals surface area (Å²) in [6.45, 7) is 1.11. The first kappa shape index (κ1) is 8.85. The number of rotatable bonds is 2. The second-order valence-electron chi connectivity index (χ2n) is 3.29. The van der Waals surface area contributed by atoms with Crippen LogP contribution in [0.2, 0.25) is 5.02 Å². The molecule has 0 fully saturated rings. The van der Waals surface area contributed by atoms with Gasteiger partial charge >= 0.3 is 0 Å². The van der Waals surface area contributed by atoms with Gasteiger partial charge in [0.05, 0.1) is 0 Å². The molecule has 1 heterocycles. The molecule has 0 aliphatic carbocycles. The summed E-state index contributed by atoms with van der Waals surface area (Å²) in [4.78, 5) is 0. The van der Waals surface area contributed by atoms with Gasteiger partial charge in [-0.25, -0.2) is 0 Å². The highest BCUT2D eigenvalue weighted by molar-refractivity contribution is 6.31. The van der Waals surface area contributed by atoms with Gasteiger partial charge in [0, 0.05) is 29.8 Å². The number of benzene rings is 1. The molecule has 2 nitrogen and oxygen atoms in total. The number of aliphatic hydroxyl groups is 1. The lowest BCUT2D eigenvalue weighted by molar-refractivity contribution is 0.278. The Kier molecular flexibility index (Phi) is 2.42. The summed E-state index contributed by atoms with van der Waals surface area (Å²) >= 11 is 6.08. The van der Waals surface area contributed by atoms with E-state index < -0.39 is 0 Å². The maximum absolute atomic E-state index is 8.87. The van der Waals surface area contributed by atoms with Crippen LogP contribution in [0.15, 0.2) is 18.2 Å². The smallest absolute Gasteiger partial charge is 0.0462 e. The van der Waals surface area contributed by atoms with E-state index in [9.17, 15) is 0 Å². The highest BCUT2D eigenvalue weighted by Gasteiger charge is 2.23. The number of fused-ring (bicyclic) bond motifs is 1. The lowest BCUT2D eigenvalue weighted by Gasteiger charge is -2.08. The minimum absolute atomic E-state index is 0.219. The van der Waals surface area contributed by atoms with Crippen LogP contribution in [0.4, 0.5) is 5.69 Å². The average molecular weight is 198 g/mol. The summed E-state index contributed by atoms with van der Waals surface area (Å²) in [5.41, 5.74) is 2.28. The van der Waals surface area contributed by atoms with Gasteiger partial charge in [-0.3, -0.25) is 0 Å². The third-order valence-corrected chi connectivity index (χ3v) is 2.81. The second kappa shape index (κ2) is 3.56. The molecular weight excluding hydrogens is 186 g/mol. The molecule has 1 unspecified atom stereocenters. The molecule has 0 saturated carbocycles. The Morgan fingerprint density at radius 3 is 3.15 bits per heavy atom. The molecule has 13 heavy (non-hydrogen) atoms. The van der Waals surface area contributed by atoms with Crippen molar-refractivity contribution in [3.63, 3.8) is 0 Å². The fourth-order valence-electron chi connectivity index (χ4n) is 1.84. The molecular formula is C10H12ClNO. The molecule has 0 spiro atoms. The molecule has 3 heteroatoms. The summed E-state index contributed by atoms with van der Waals surface area (Å²) in [5, 5.41) is 13.0. The van der Waals surface area contributed by atoms with Gasteiger partial charge in [0.1, 0.15) is 0 Å². The van der Waals surface area contributed by atoms with Gasteiger partial charge in [-0.1, -0.05) is 17.7 Å². The van der Waals surface area contributed by atoms with Crippen molar-refractivity contribution in [2.24, 2.45) is 0 Å². The molecule has 0 bridgehead atoms. The lowest BCUT2D eigenvalue weighted by Crippen LogP contribution is -2.04. The van der Waals surface area contributed by atoms with Gasteiger partial charge in [0.25, 0.3) is 0 Å². The molecule has 0 radical (unpaired) electrons. The number of halogens is 1. The van der Waals surface area contributed by atoms with E-state index in [1.165, 1.54) is 5.56 Å². The Bertz CT molecular complexity index is 312. The SMILES string of the molecule is OCCC1CNc2cccc(Cl)c21. The van der Waals surface area contributed by atoms with Crippen molar-refractivity contribution in [1.29, 1.82) is 0 Å². The van der Waals surface area contributed by atoms with Gasteiger partial charge in [-0.2, -0.15) is 0 Å². The lowest BCUT2D eigenvalue weighted by atomic mass is 9.98. The minimum atomic E-state index is 0.219. The Morgan fingerprint density at radius 2 is 2.38 bits per heavy atom. The molecule has 1 aliphatic rings. The van der Waals surface area contributed by atoms with E-state index in [-0.39, 0.29) is 6.61 Å². The third-order valence-electron chi connectivity index (χ3n) is 2.48. The predicted molar refractivity (Wildman–Crippen MR) is 54.4 cm³/mol. The maximum atomic E-state index is 8.87. The van der Waals surface area contributed by atoms with Crippen LogP contribution in [-0.2, 0) is 0 Å². The summed E-state index contributed by atoms with van der Waals surface area (Å²) in [6.07, 6.45) is 0.781. The van der Waals surface area contributed by atoms with Crippen molar-refractivity contribution in [2.45, 2.75) is 12.3 Å². The van der Waals surface area contributed by atoms with E-state index in [1.54, 1.807) is 0 Å². The van der Waals surface area contributed by atoms with Crippen LogP contribution in [0, 0.1) is 0 Å². The van der Waals surface area contributed by atoms with Crippen molar-refractivity contribution in [3.8, 4) is 0 Å². The molecule has 0 saturated heterocycles. The molecule has 1 atom stereocenters. The molecule has 1 aliphatic heterocycles. The topological polar surface area (TPSA) is 32.3 Å². The van der Waals surface area contributed by atoms with Gasteiger partial charge in [0.2, 0.25) is 0 Å². The molecule has 70 valence electrons. The van der Waals surface area contributed by atoms with E-state index in [0.29, 0.717) is 5.92 Å². The number of nitrogens with one attached hydrogen (secondary N) is 1. The molecule has 2 rings (SSSR count). The Morgan fingerprint density at radius 1 is 1.54 bits per heavy atom. The van der Waals surface area contributed by atoms with E-state index in [4.69, 9.17) is 16.7 Å². The summed E-state index contributed by atoms with van der Waals surface area (Å²) in [5.74, 6) is 0.369. The summed E-state index contributed by atoms with van der Waals surface area (Å²) in [7, 11) is 0. The largest absolute Gasteiger partial charge is 0.396 e. The van der Waals surface area contributed by atoms with E-state index in [0.717, 1.165) is 23.7 Å². The quantitative estimate of drug-likeness (QED) is 0.762. The fraction of sp³-hybridized carbons (Fsp3) is 0.400. The zero-order valence-electron chi connectivity index (χ0n) is 7.26. The van der Waals surface area contributed by atoms with Gasteiger partial charge in [-0.15, -0.1) is 0 Å². The number of hydrogen-bond acceptors (Lipinski definition) is 2. The van der Waals surface area contributed by atoms with Crippen LogP contribution < -0.4 is 5.32 Å². The number of hydrogen-bond donors (Lipinski definition) is 2. The standard InChI is InChI=1S/C10H12ClNO/c11-8-2-1-3-9-10(8)7(4-5-13)6-12-9/h1-3,7,12-13H,4-6H2. The van der Waals surface area contributed by atoms with Gasteiger partial charge in [0.15, 0.2) is 0 Å². The average Bonchev–Trinajstić information content (AvgIpc) is 2.51. The molecule has 2 N–H and O–H groups in total. The van der Waals surface area contributed by atoms with Crippen LogP contribution in [0.3, 0.4) is 0 Å². The van der Waals surface area contributed by atoms with E-state index in [1.807, 2.05) is 18.2 Å². The monoisotopic (exact) mass is 197 g/mol. The number of anilines is 1. The first-order valence-electron chi connectivity index (χ1n) is 4.46. The van der Waals surface area contributed by atoms with Crippen molar-refractivity contribution >= 4 is 17.3 Å². The Labute approximate surface area is 82.5 Å². The third kappa shape index (κ3) is 1.52.